The molecule has 1 fully saturated rings. The molecule has 14 heavy (non-hydrogen) atoms. The van der Waals surface area contributed by atoms with Crippen LogP contribution in [0.1, 0.15) is 33.6 Å². The van der Waals surface area contributed by atoms with Crippen LogP contribution < -0.4 is 0 Å². The molecule has 1 saturated heterocycles. The van der Waals surface area contributed by atoms with E-state index >= 15 is 0 Å². The lowest BCUT2D eigenvalue weighted by molar-refractivity contribution is -0.0888. The molecule has 1 aliphatic rings. The Hall–Kier alpha value is -0.280. The lowest BCUT2D eigenvalue weighted by atomic mass is 9.84. The lowest BCUT2D eigenvalue weighted by Crippen LogP contribution is -2.39. The summed E-state index contributed by atoms with van der Waals surface area (Å²) in [4.78, 5) is 10.6. The number of carbonyl (C=O) groups excluding carboxylic acids is 1. The molecule has 0 radical (unpaired) electrons. The summed E-state index contributed by atoms with van der Waals surface area (Å²) in [6.45, 7) is 6.98. The molecule has 0 bridgehead atoms. The fourth-order valence-electron chi connectivity index (χ4n) is 1.61. The lowest BCUT2D eigenvalue weighted by Gasteiger charge is -2.36. The van der Waals surface area contributed by atoms with Gasteiger partial charge in [-0.25, -0.2) is 4.79 Å². The normalized spacial score (nSPS) is 28.6. The molecule has 0 aromatic carbocycles. The third-order valence-corrected chi connectivity index (χ3v) is 2.55. The van der Waals surface area contributed by atoms with Crippen molar-refractivity contribution in [1.29, 1.82) is 0 Å². The van der Waals surface area contributed by atoms with Gasteiger partial charge in [0.1, 0.15) is 6.10 Å². The molecular formula is C10H17ClO3. The topological polar surface area (TPSA) is 35.5 Å². The van der Waals surface area contributed by atoms with Crippen LogP contribution in [0.15, 0.2) is 0 Å². The van der Waals surface area contributed by atoms with Crippen molar-refractivity contribution < 1.29 is 14.3 Å². The summed E-state index contributed by atoms with van der Waals surface area (Å²) in [5, 5.41) is 0. The molecule has 1 rings (SSSR count). The monoisotopic (exact) mass is 220 g/mol. The van der Waals surface area contributed by atoms with E-state index in [9.17, 15) is 4.79 Å². The number of ether oxygens (including phenoxy) is 2. The number of halogens is 1. The minimum Gasteiger partial charge on any atom is -0.450 e. The molecule has 82 valence electrons. The second kappa shape index (κ2) is 4.49. The van der Waals surface area contributed by atoms with Gasteiger partial charge in [0.25, 0.3) is 0 Å². The summed E-state index contributed by atoms with van der Waals surface area (Å²) in [6, 6.07) is 0. The molecular weight excluding hydrogens is 204 g/mol. The first-order chi connectivity index (χ1) is 6.39. The number of carbonyl (C=O) groups is 1. The van der Waals surface area contributed by atoms with Crippen LogP contribution in [-0.4, -0.2) is 24.2 Å². The predicted octanol–water partition coefficient (Wildman–Crippen LogP) is 2.96. The first-order valence-corrected chi connectivity index (χ1v) is 5.25. The minimum absolute atomic E-state index is 0.0807. The fraction of sp³-hybridized carbons (Fsp3) is 0.900. The summed E-state index contributed by atoms with van der Waals surface area (Å²) >= 11 is 5.17. The second-order valence-corrected chi connectivity index (χ2v) is 5.04. The van der Waals surface area contributed by atoms with Crippen LogP contribution in [0, 0.1) is 5.41 Å². The van der Waals surface area contributed by atoms with Gasteiger partial charge in [0.05, 0.1) is 12.7 Å². The highest BCUT2D eigenvalue weighted by atomic mass is 35.5. The maximum atomic E-state index is 10.6. The van der Waals surface area contributed by atoms with Crippen molar-refractivity contribution >= 4 is 17.0 Å². The van der Waals surface area contributed by atoms with Gasteiger partial charge in [-0.05, 0) is 5.41 Å². The van der Waals surface area contributed by atoms with E-state index in [1.165, 1.54) is 0 Å². The van der Waals surface area contributed by atoms with E-state index in [-0.39, 0.29) is 17.6 Å². The molecule has 0 aliphatic carbocycles. The van der Waals surface area contributed by atoms with Gasteiger partial charge in [-0.1, -0.05) is 20.8 Å². The summed E-state index contributed by atoms with van der Waals surface area (Å²) in [7, 11) is 0. The van der Waals surface area contributed by atoms with Crippen LogP contribution in [-0.2, 0) is 9.47 Å². The van der Waals surface area contributed by atoms with Gasteiger partial charge in [0.15, 0.2) is 0 Å². The standard InChI is InChI=1S/C10H17ClO3/c1-10(2,3)8-6-7(4-5-13-8)14-9(11)12/h7-8H,4-6H2,1-3H3. The Labute approximate surface area is 89.7 Å². The summed E-state index contributed by atoms with van der Waals surface area (Å²) < 4.78 is 10.6. The van der Waals surface area contributed by atoms with Crippen LogP contribution in [0.3, 0.4) is 0 Å². The first-order valence-electron chi connectivity index (χ1n) is 4.87. The molecule has 2 unspecified atom stereocenters. The number of hydrogen-bond donors (Lipinski definition) is 0. The van der Waals surface area contributed by atoms with Crippen molar-refractivity contribution in [3.05, 3.63) is 0 Å². The molecule has 3 nitrogen and oxygen atoms in total. The molecule has 0 N–H and O–H groups in total. The first kappa shape index (κ1) is 11.8. The fourth-order valence-corrected chi connectivity index (χ4v) is 1.73. The van der Waals surface area contributed by atoms with Gasteiger partial charge in [0, 0.05) is 24.4 Å². The zero-order valence-electron chi connectivity index (χ0n) is 8.88. The van der Waals surface area contributed by atoms with Crippen molar-refractivity contribution in [3.8, 4) is 0 Å². The molecule has 0 amide bonds. The van der Waals surface area contributed by atoms with E-state index in [2.05, 4.69) is 20.8 Å². The van der Waals surface area contributed by atoms with E-state index in [0.29, 0.717) is 6.61 Å². The number of rotatable bonds is 1. The third-order valence-electron chi connectivity index (χ3n) is 2.46. The minimum atomic E-state index is -0.718. The van der Waals surface area contributed by atoms with Crippen molar-refractivity contribution in [2.75, 3.05) is 6.61 Å². The Balaban J connectivity index is 2.48. The summed E-state index contributed by atoms with van der Waals surface area (Å²) in [5.74, 6) is 0. The van der Waals surface area contributed by atoms with Gasteiger partial charge in [0.2, 0.25) is 0 Å². The predicted molar refractivity (Wildman–Crippen MR) is 54.6 cm³/mol. The summed E-state index contributed by atoms with van der Waals surface area (Å²) in [6.07, 6.45) is 1.53. The van der Waals surface area contributed by atoms with Gasteiger partial charge in [-0.2, -0.15) is 0 Å². The average molecular weight is 221 g/mol. The zero-order chi connectivity index (χ0) is 10.8. The van der Waals surface area contributed by atoms with Crippen LogP contribution >= 0.6 is 11.6 Å². The molecule has 0 aromatic heterocycles. The smallest absolute Gasteiger partial charge is 0.404 e. The average Bonchev–Trinajstić information content (AvgIpc) is 2.01. The highest BCUT2D eigenvalue weighted by Gasteiger charge is 2.33. The van der Waals surface area contributed by atoms with Crippen molar-refractivity contribution in [3.63, 3.8) is 0 Å². The van der Waals surface area contributed by atoms with E-state index in [1.807, 2.05) is 0 Å². The Morgan fingerprint density at radius 2 is 2.14 bits per heavy atom. The van der Waals surface area contributed by atoms with Gasteiger partial charge in [-0.3, -0.25) is 0 Å². The SMILES string of the molecule is CC(C)(C)C1CC(OC(=O)Cl)CCO1. The highest BCUT2D eigenvalue weighted by molar-refractivity contribution is 6.61. The maximum absolute atomic E-state index is 10.6. The Morgan fingerprint density at radius 3 is 2.64 bits per heavy atom. The Kier molecular flexibility index (Phi) is 3.78. The van der Waals surface area contributed by atoms with Crippen molar-refractivity contribution in [2.45, 2.75) is 45.8 Å². The third kappa shape index (κ3) is 3.46. The molecule has 1 aliphatic heterocycles. The number of hydrogen-bond acceptors (Lipinski definition) is 3. The van der Waals surface area contributed by atoms with Crippen LogP contribution in [0.5, 0.6) is 0 Å². The molecule has 4 heteroatoms. The zero-order valence-corrected chi connectivity index (χ0v) is 9.63. The van der Waals surface area contributed by atoms with Gasteiger partial charge < -0.3 is 9.47 Å². The van der Waals surface area contributed by atoms with E-state index in [1.54, 1.807) is 0 Å². The van der Waals surface area contributed by atoms with E-state index < -0.39 is 5.43 Å². The molecule has 1 heterocycles. The second-order valence-electron chi connectivity index (χ2n) is 4.73. The largest absolute Gasteiger partial charge is 0.450 e. The summed E-state index contributed by atoms with van der Waals surface area (Å²) in [5.41, 5.74) is -0.637. The van der Waals surface area contributed by atoms with Crippen LogP contribution in [0.4, 0.5) is 4.79 Å². The molecule has 0 saturated carbocycles. The highest BCUT2D eigenvalue weighted by Crippen LogP contribution is 2.30. The quantitative estimate of drug-likeness (QED) is 0.638. The molecule has 0 spiro atoms. The van der Waals surface area contributed by atoms with Gasteiger partial charge >= 0.3 is 5.43 Å². The van der Waals surface area contributed by atoms with Crippen molar-refractivity contribution in [1.82, 2.24) is 0 Å². The Morgan fingerprint density at radius 1 is 1.50 bits per heavy atom. The van der Waals surface area contributed by atoms with Crippen molar-refractivity contribution in [2.24, 2.45) is 5.41 Å². The maximum Gasteiger partial charge on any atom is 0.404 e. The van der Waals surface area contributed by atoms with Gasteiger partial charge in [-0.15, -0.1) is 0 Å². The Bertz CT molecular complexity index is 210. The van der Waals surface area contributed by atoms with Crippen LogP contribution in [0.25, 0.3) is 0 Å². The van der Waals surface area contributed by atoms with E-state index in [4.69, 9.17) is 21.1 Å². The molecule has 2 atom stereocenters. The van der Waals surface area contributed by atoms with E-state index in [0.717, 1.165) is 12.8 Å². The molecule has 0 aromatic rings. The van der Waals surface area contributed by atoms with Crippen LogP contribution in [0.2, 0.25) is 0 Å².